The van der Waals surface area contributed by atoms with Crippen LogP contribution < -0.4 is 10.5 Å². The summed E-state index contributed by atoms with van der Waals surface area (Å²) in [5.74, 6) is 0.978. The van der Waals surface area contributed by atoms with E-state index in [2.05, 4.69) is 9.97 Å². The molecule has 0 amide bonds. The van der Waals surface area contributed by atoms with Gasteiger partial charge in [0.2, 0.25) is 0 Å². The summed E-state index contributed by atoms with van der Waals surface area (Å²) in [5.41, 5.74) is 5.72. The maximum Gasteiger partial charge on any atom is 0.193 e. The number of nitrogen functional groups attached to an aromatic ring is 1. The van der Waals surface area contributed by atoms with Crippen LogP contribution in [0.1, 0.15) is 12.8 Å². The molecule has 1 aromatic heterocycles. The quantitative estimate of drug-likeness (QED) is 0.805. The van der Waals surface area contributed by atoms with Crippen LogP contribution in [0.4, 0.5) is 5.82 Å². The maximum atomic E-state index is 5.72. The molecule has 0 bridgehead atoms. The lowest BCUT2D eigenvalue weighted by atomic mass is 10.2. The standard InChI is InChI=1S/C10H15N3O2S/c1-14-8-9(11)12-6-13-10(8)16-7-2-4-15-5-3-7/h6-7H,2-5H2,1H3,(H2,11,12,13). The smallest absolute Gasteiger partial charge is 0.193 e. The monoisotopic (exact) mass is 241 g/mol. The second kappa shape index (κ2) is 5.36. The van der Waals surface area contributed by atoms with Gasteiger partial charge in [0.1, 0.15) is 11.4 Å². The van der Waals surface area contributed by atoms with Gasteiger partial charge in [-0.1, -0.05) is 11.8 Å². The first-order valence-corrected chi connectivity index (χ1v) is 6.08. The highest BCUT2D eigenvalue weighted by Gasteiger charge is 2.19. The molecule has 6 heteroatoms. The topological polar surface area (TPSA) is 70.3 Å². The van der Waals surface area contributed by atoms with Gasteiger partial charge in [0, 0.05) is 18.5 Å². The Hall–Kier alpha value is -1.01. The minimum Gasteiger partial charge on any atom is -0.490 e. The van der Waals surface area contributed by atoms with E-state index in [9.17, 15) is 0 Å². The Labute approximate surface area is 98.7 Å². The first kappa shape index (κ1) is 11.5. The molecule has 5 nitrogen and oxygen atoms in total. The SMILES string of the molecule is COc1c(N)ncnc1SC1CCOCC1. The van der Waals surface area contributed by atoms with Gasteiger partial charge in [-0.15, -0.1) is 0 Å². The third-order valence-corrected chi connectivity index (χ3v) is 3.77. The highest BCUT2D eigenvalue weighted by atomic mass is 32.2. The molecule has 1 fully saturated rings. The summed E-state index contributed by atoms with van der Waals surface area (Å²) >= 11 is 1.69. The van der Waals surface area contributed by atoms with E-state index in [0.29, 0.717) is 16.8 Å². The fourth-order valence-corrected chi connectivity index (χ4v) is 2.74. The minimum atomic E-state index is 0.395. The van der Waals surface area contributed by atoms with Crippen LogP contribution in [0.3, 0.4) is 0 Å². The van der Waals surface area contributed by atoms with Gasteiger partial charge in [-0.3, -0.25) is 0 Å². The summed E-state index contributed by atoms with van der Waals surface area (Å²) in [7, 11) is 1.59. The molecular weight excluding hydrogens is 226 g/mol. The molecule has 0 radical (unpaired) electrons. The van der Waals surface area contributed by atoms with Crippen molar-refractivity contribution in [3.8, 4) is 5.75 Å². The summed E-state index contributed by atoms with van der Waals surface area (Å²) in [5, 5.41) is 1.35. The number of hydrogen-bond acceptors (Lipinski definition) is 6. The molecule has 2 rings (SSSR count). The van der Waals surface area contributed by atoms with Crippen molar-refractivity contribution in [2.24, 2.45) is 0 Å². The summed E-state index contributed by atoms with van der Waals surface area (Å²) in [6.07, 6.45) is 3.55. The van der Waals surface area contributed by atoms with E-state index in [0.717, 1.165) is 31.1 Å². The van der Waals surface area contributed by atoms with Crippen molar-refractivity contribution in [3.63, 3.8) is 0 Å². The highest BCUT2D eigenvalue weighted by molar-refractivity contribution is 8.00. The van der Waals surface area contributed by atoms with Crippen LogP contribution in [-0.2, 0) is 4.74 Å². The number of nitrogens with zero attached hydrogens (tertiary/aromatic N) is 2. The predicted octanol–water partition coefficient (Wildman–Crippen LogP) is 1.34. The Balaban J connectivity index is 2.10. The van der Waals surface area contributed by atoms with E-state index in [-0.39, 0.29) is 0 Å². The van der Waals surface area contributed by atoms with Crippen LogP contribution in [0.2, 0.25) is 0 Å². The number of aromatic nitrogens is 2. The number of ether oxygens (including phenoxy) is 2. The van der Waals surface area contributed by atoms with Crippen molar-refractivity contribution < 1.29 is 9.47 Å². The predicted molar refractivity (Wildman–Crippen MR) is 62.7 cm³/mol. The van der Waals surface area contributed by atoms with E-state index in [1.54, 1.807) is 18.9 Å². The molecule has 0 unspecified atom stereocenters. The number of thioether (sulfide) groups is 1. The van der Waals surface area contributed by atoms with Gasteiger partial charge in [-0.25, -0.2) is 9.97 Å². The van der Waals surface area contributed by atoms with Crippen molar-refractivity contribution in [2.45, 2.75) is 23.1 Å². The molecule has 0 aromatic carbocycles. The lowest BCUT2D eigenvalue weighted by molar-refractivity contribution is 0.1000. The van der Waals surface area contributed by atoms with Crippen LogP contribution in [0, 0.1) is 0 Å². The molecule has 0 atom stereocenters. The van der Waals surface area contributed by atoms with E-state index in [1.165, 1.54) is 6.33 Å². The Bertz CT molecular complexity index is 356. The second-order valence-electron chi connectivity index (χ2n) is 3.53. The molecule has 2 heterocycles. The first-order chi connectivity index (χ1) is 7.81. The summed E-state index contributed by atoms with van der Waals surface area (Å²) in [4.78, 5) is 8.12. The van der Waals surface area contributed by atoms with Gasteiger partial charge < -0.3 is 15.2 Å². The van der Waals surface area contributed by atoms with E-state index in [4.69, 9.17) is 15.2 Å². The largest absolute Gasteiger partial charge is 0.490 e. The number of anilines is 1. The van der Waals surface area contributed by atoms with Crippen LogP contribution in [0.15, 0.2) is 11.4 Å². The summed E-state index contributed by atoms with van der Waals surface area (Å²) < 4.78 is 10.5. The van der Waals surface area contributed by atoms with Crippen LogP contribution in [0.25, 0.3) is 0 Å². The van der Waals surface area contributed by atoms with Crippen molar-refractivity contribution >= 4 is 17.6 Å². The normalized spacial score (nSPS) is 17.3. The molecule has 1 saturated heterocycles. The number of hydrogen-bond donors (Lipinski definition) is 1. The summed E-state index contributed by atoms with van der Waals surface area (Å²) in [6, 6.07) is 0. The number of methoxy groups -OCH3 is 1. The highest BCUT2D eigenvalue weighted by Crippen LogP contribution is 2.36. The van der Waals surface area contributed by atoms with Gasteiger partial charge in [0.15, 0.2) is 11.6 Å². The van der Waals surface area contributed by atoms with Crippen molar-refractivity contribution in [3.05, 3.63) is 6.33 Å². The Morgan fingerprint density at radius 3 is 2.88 bits per heavy atom. The molecule has 0 saturated carbocycles. The third-order valence-electron chi connectivity index (χ3n) is 2.45. The zero-order valence-electron chi connectivity index (χ0n) is 9.18. The molecule has 1 aromatic rings. The van der Waals surface area contributed by atoms with Crippen molar-refractivity contribution in [1.82, 2.24) is 9.97 Å². The average molecular weight is 241 g/mol. The average Bonchev–Trinajstić information content (AvgIpc) is 2.31. The zero-order valence-corrected chi connectivity index (χ0v) is 10.00. The molecular formula is C10H15N3O2S. The molecule has 2 N–H and O–H groups in total. The Kier molecular flexibility index (Phi) is 3.84. The molecule has 16 heavy (non-hydrogen) atoms. The number of rotatable bonds is 3. The van der Waals surface area contributed by atoms with Crippen molar-refractivity contribution in [1.29, 1.82) is 0 Å². The van der Waals surface area contributed by atoms with Crippen LogP contribution in [0.5, 0.6) is 5.75 Å². The molecule has 1 aliphatic rings. The fraction of sp³-hybridized carbons (Fsp3) is 0.600. The molecule has 1 aliphatic heterocycles. The van der Waals surface area contributed by atoms with Gasteiger partial charge in [0.05, 0.1) is 7.11 Å². The van der Waals surface area contributed by atoms with Gasteiger partial charge >= 0.3 is 0 Å². The van der Waals surface area contributed by atoms with Crippen LogP contribution in [-0.4, -0.2) is 35.5 Å². The molecule has 88 valence electrons. The molecule has 0 spiro atoms. The second-order valence-corrected chi connectivity index (χ2v) is 4.82. The lowest BCUT2D eigenvalue weighted by Gasteiger charge is -2.21. The lowest BCUT2D eigenvalue weighted by Crippen LogP contribution is -2.17. The minimum absolute atomic E-state index is 0.395. The van der Waals surface area contributed by atoms with Gasteiger partial charge in [0.25, 0.3) is 0 Å². The Morgan fingerprint density at radius 2 is 2.19 bits per heavy atom. The van der Waals surface area contributed by atoms with Crippen molar-refractivity contribution in [2.75, 3.05) is 26.1 Å². The van der Waals surface area contributed by atoms with Gasteiger partial charge in [-0.2, -0.15) is 0 Å². The maximum absolute atomic E-state index is 5.72. The molecule has 0 aliphatic carbocycles. The van der Waals surface area contributed by atoms with E-state index >= 15 is 0 Å². The first-order valence-electron chi connectivity index (χ1n) is 5.20. The van der Waals surface area contributed by atoms with E-state index < -0.39 is 0 Å². The number of nitrogens with two attached hydrogens (primary N) is 1. The third kappa shape index (κ3) is 2.56. The fourth-order valence-electron chi connectivity index (χ4n) is 1.60. The van der Waals surface area contributed by atoms with E-state index in [1.807, 2.05) is 0 Å². The van der Waals surface area contributed by atoms with Crippen LogP contribution >= 0.6 is 11.8 Å². The summed E-state index contributed by atoms with van der Waals surface area (Å²) in [6.45, 7) is 1.64. The van der Waals surface area contributed by atoms with Gasteiger partial charge in [-0.05, 0) is 12.8 Å². The Morgan fingerprint density at radius 1 is 1.44 bits per heavy atom. The zero-order chi connectivity index (χ0) is 11.4.